The summed E-state index contributed by atoms with van der Waals surface area (Å²) in [5.41, 5.74) is 0.844. The molecular formula is C9H9NS. The van der Waals surface area contributed by atoms with Gasteiger partial charge in [-0.3, -0.25) is 0 Å². The molecule has 0 aromatic carbocycles. The summed E-state index contributed by atoms with van der Waals surface area (Å²) in [7, 11) is 0. The van der Waals surface area contributed by atoms with E-state index in [9.17, 15) is 0 Å². The van der Waals surface area contributed by atoms with Crippen LogP contribution in [0.1, 0.15) is 34.3 Å². The first-order valence-electron chi connectivity index (χ1n) is 3.75. The van der Waals surface area contributed by atoms with Crippen molar-refractivity contribution < 1.29 is 0 Å². The molecule has 0 radical (unpaired) electrons. The number of nitrogens with zero attached hydrogens (tertiary/aromatic N) is 1. The van der Waals surface area contributed by atoms with Crippen LogP contribution in [0.25, 0.3) is 0 Å². The largest absolute Gasteiger partial charge is 0.232 e. The van der Waals surface area contributed by atoms with E-state index in [0.717, 1.165) is 11.6 Å². The Morgan fingerprint density at radius 3 is 2.82 bits per heavy atom. The molecule has 0 spiro atoms. The average Bonchev–Trinajstić information content (AvgIpc) is 2.76. The second kappa shape index (κ2) is 2.35. The molecule has 2 rings (SSSR count). The molecule has 1 aliphatic rings. The van der Waals surface area contributed by atoms with Gasteiger partial charge in [-0.1, -0.05) is 0 Å². The predicted octanol–water partition coefficient (Wildman–Crippen LogP) is 2.31. The monoisotopic (exact) mass is 163 g/mol. The van der Waals surface area contributed by atoms with Crippen LogP contribution in [0.2, 0.25) is 0 Å². The summed E-state index contributed by atoms with van der Waals surface area (Å²) in [6.07, 6.45) is 7.88. The van der Waals surface area contributed by atoms with Crippen LogP contribution < -0.4 is 0 Å². The maximum Gasteiger partial charge on any atom is 0.127 e. The van der Waals surface area contributed by atoms with Crippen LogP contribution in [0.5, 0.6) is 0 Å². The van der Waals surface area contributed by atoms with Crippen LogP contribution in [-0.2, 0) is 0 Å². The highest BCUT2D eigenvalue weighted by Crippen LogP contribution is 2.42. The summed E-state index contributed by atoms with van der Waals surface area (Å²) >= 11 is 1.76. The highest BCUT2D eigenvalue weighted by molar-refractivity contribution is 7.11. The molecule has 0 saturated heterocycles. The van der Waals surface area contributed by atoms with Crippen molar-refractivity contribution in [1.29, 1.82) is 0 Å². The lowest BCUT2D eigenvalue weighted by molar-refractivity contribution is 1.07. The first kappa shape index (κ1) is 6.87. The smallest absolute Gasteiger partial charge is 0.127 e. The van der Waals surface area contributed by atoms with Gasteiger partial charge in [0.1, 0.15) is 5.69 Å². The molecule has 0 amide bonds. The average molecular weight is 163 g/mol. The summed E-state index contributed by atoms with van der Waals surface area (Å²) in [6.45, 7) is 2.04. The first-order chi connectivity index (χ1) is 5.31. The summed E-state index contributed by atoms with van der Waals surface area (Å²) in [5.74, 6) is 3.33. The van der Waals surface area contributed by atoms with Crippen LogP contribution in [0.3, 0.4) is 0 Å². The van der Waals surface area contributed by atoms with Gasteiger partial charge in [0.15, 0.2) is 0 Å². The van der Waals surface area contributed by atoms with Crippen molar-refractivity contribution in [3.63, 3.8) is 0 Å². The van der Waals surface area contributed by atoms with Crippen molar-refractivity contribution >= 4 is 11.3 Å². The standard InChI is InChI=1S/C9H9NS/c1-3-8-6(2)11-9(10-8)7-4-5-7/h1,7H,4-5H2,2H3. The van der Waals surface area contributed by atoms with Gasteiger partial charge in [0.2, 0.25) is 0 Å². The van der Waals surface area contributed by atoms with E-state index in [2.05, 4.69) is 10.9 Å². The van der Waals surface area contributed by atoms with Gasteiger partial charge in [-0.05, 0) is 25.7 Å². The third-order valence-corrected chi connectivity index (χ3v) is 3.01. The molecule has 56 valence electrons. The van der Waals surface area contributed by atoms with Crippen LogP contribution >= 0.6 is 11.3 Å². The highest BCUT2D eigenvalue weighted by atomic mass is 32.1. The Hall–Kier alpha value is -0.810. The van der Waals surface area contributed by atoms with Gasteiger partial charge in [-0.2, -0.15) is 0 Å². The molecule has 11 heavy (non-hydrogen) atoms. The zero-order valence-corrected chi connectivity index (χ0v) is 7.24. The van der Waals surface area contributed by atoms with Crippen LogP contribution in [0.4, 0.5) is 0 Å². The van der Waals surface area contributed by atoms with Gasteiger partial charge in [0, 0.05) is 10.8 Å². The van der Waals surface area contributed by atoms with Crippen molar-refractivity contribution in [2.75, 3.05) is 0 Å². The maximum atomic E-state index is 5.28. The Balaban J connectivity index is 2.38. The summed E-state index contributed by atoms with van der Waals surface area (Å²) in [5, 5.41) is 1.25. The minimum Gasteiger partial charge on any atom is -0.232 e. The SMILES string of the molecule is C#Cc1nc(C2CC2)sc1C. The van der Waals surface area contributed by atoms with Crippen LogP contribution in [0.15, 0.2) is 0 Å². The first-order valence-corrected chi connectivity index (χ1v) is 4.57. The Kier molecular flexibility index (Phi) is 1.47. The zero-order valence-electron chi connectivity index (χ0n) is 6.42. The van der Waals surface area contributed by atoms with Crippen LogP contribution in [0, 0.1) is 19.3 Å². The van der Waals surface area contributed by atoms with Gasteiger partial charge in [0.25, 0.3) is 0 Å². The van der Waals surface area contributed by atoms with Gasteiger partial charge >= 0.3 is 0 Å². The van der Waals surface area contributed by atoms with Crippen molar-refractivity contribution in [3.8, 4) is 12.3 Å². The van der Waals surface area contributed by atoms with E-state index >= 15 is 0 Å². The van der Waals surface area contributed by atoms with Crippen molar-refractivity contribution in [1.82, 2.24) is 4.98 Å². The molecule has 0 bridgehead atoms. The molecule has 1 aromatic rings. The third-order valence-electron chi connectivity index (χ3n) is 1.88. The minimum absolute atomic E-state index is 0.737. The molecular weight excluding hydrogens is 154 g/mol. The number of rotatable bonds is 1. The minimum atomic E-state index is 0.737. The lowest BCUT2D eigenvalue weighted by Crippen LogP contribution is -1.78. The quantitative estimate of drug-likeness (QED) is 0.579. The molecule has 1 fully saturated rings. The molecule has 0 unspecified atom stereocenters. The Morgan fingerprint density at radius 2 is 2.36 bits per heavy atom. The van der Waals surface area contributed by atoms with Gasteiger partial charge in [-0.25, -0.2) is 4.98 Å². The van der Waals surface area contributed by atoms with Crippen molar-refractivity contribution in [2.45, 2.75) is 25.7 Å². The maximum absolute atomic E-state index is 5.28. The van der Waals surface area contributed by atoms with E-state index in [1.807, 2.05) is 6.92 Å². The summed E-state index contributed by atoms with van der Waals surface area (Å²) < 4.78 is 0. The second-order valence-corrected chi connectivity index (χ2v) is 4.11. The molecule has 1 aliphatic carbocycles. The summed E-state index contributed by atoms with van der Waals surface area (Å²) in [6, 6.07) is 0. The number of thiazole rings is 1. The van der Waals surface area contributed by atoms with Crippen LogP contribution in [-0.4, -0.2) is 4.98 Å². The van der Waals surface area contributed by atoms with Crippen molar-refractivity contribution in [3.05, 3.63) is 15.6 Å². The van der Waals surface area contributed by atoms with E-state index < -0.39 is 0 Å². The second-order valence-electron chi connectivity index (χ2n) is 2.88. The topological polar surface area (TPSA) is 12.9 Å². The molecule has 0 aliphatic heterocycles. The molecule has 1 saturated carbocycles. The fourth-order valence-corrected chi connectivity index (χ4v) is 2.11. The lowest BCUT2D eigenvalue weighted by atomic mass is 10.4. The molecule has 2 heteroatoms. The van der Waals surface area contributed by atoms with Crippen molar-refractivity contribution in [2.24, 2.45) is 0 Å². The number of hydrogen-bond donors (Lipinski definition) is 0. The zero-order chi connectivity index (χ0) is 7.84. The van der Waals surface area contributed by atoms with E-state index in [-0.39, 0.29) is 0 Å². The van der Waals surface area contributed by atoms with E-state index in [1.165, 1.54) is 22.7 Å². The molecule has 0 N–H and O–H groups in total. The van der Waals surface area contributed by atoms with E-state index in [4.69, 9.17) is 6.42 Å². The number of aryl methyl sites for hydroxylation is 1. The predicted molar refractivity (Wildman–Crippen MR) is 46.8 cm³/mol. The van der Waals surface area contributed by atoms with Gasteiger partial charge in [0.05, 0.1) is 5.01 Å². The van der Waals surface area contributed by atoms with E-state index in [1.54, 1.807) is 11.3 Å². The fourth-order valence-electron chi connectivity index (χ4n) is 1.06. The molecule has 1 nitrogen and oxygen atoms in total. The third kappa shape index (κ3) is 1.17. The van der Waals surface area contributed by atoms with Gasteiger partial charge in [-0.15, -0.1) is 17.8 Å². The number of aromatic nitrogens is 1. The lowest BCUT2D eigenvalue weighted by Gasteiger charge is -1.82. The Morgan fingerprint density at radius 1 is 1.64 bits per heavy atom. The molecule has 0 atom stereocenters. The summed E-state index contributed by atoms with van der Waals surface area (Å²) in [4.78, 5) is 5.56. The fraction of sp³-hybridized carbons (Fsp3) is 0.444. The van der Waals surface area contributed by atoms with E-state index in [0.29, 0.717) is 0 Å². The Labute approximate surface area is 70.5 Å². The number of terminal acetylenes is 1. The number of hydrogen-bond acceptors (Lipinski definition) is 2. The molecule has 1 aromatic heterocycles. The van der Waals surface area contributed by atoms with Gasteiger partial charge < -0.3 is 0 Å². The normalized spacial score (nSPS) is 16.4. The molecule has 1 heterocycles. The highest BCUT2D eigenvalue weighted by Gasteiger charge is 2.27. The Bertz CT molecular complexity index is 315.